The number of benzene rings is 1. The minimum atomic E-state index is -0.312. The van der Waals surface area contributed by atoms with E-state index in [2.05, 4.69) is 10.2 Å². The molecule has 8 heteroatoms. The molecule has 2 aromatic heterocycles. The van der Waals surface area contributed by atoms with Gasteiger partial charge in [-0.25, -0.2) is 4.39 Å². The highest BCUT2D eigenvalue weighted by Crippen LogP contribution is 2.30. The zero-order chi connectivity index (χ0) is 21.6. The summed E-state index contributed by atoms with van der Waals surface area (Å²) in [5.74, 6) is -0.234. The third-order valence-corrected chi connectivity index (χ3v) is 6.38. The summed E-state index contributed by atoms with van der Waals surface area (Å²) < 4.78 is 19.0. The van der Waals surface area contributed by atoms with E-state index in [0.717, 1.165) is 24.5 Å². The Morgan fingerprint density at radius 1 is 1.03 bits per heavy atom. The van der Waals surface area contributed by atoms with Crippen LogP contribution in [0.25, 0.3) is 10.4 Å². The summed E-state index contributed by atoms with van der Waals surface area (Å²) in [5.41, 5.74) is 0.633. The second-order valence-electron chi connectivity index (χ2n) is 7.39. The van der Waals surface area contributed by atoms with Crippen LogP contribution in [-0.2, 0) is 11.3 Å². The number of furan rings is 1. The molecule has 3 heterocycles. The predicted molar refractivity (Wildman–Crippen MR) is 117 cm³/mol. The van der Waals surface area contributed by atoms with Gasteiger partial charge in [0.2, 0.25) is 5.91 Å². The van der Waals surface area contributed by atoms with E-state index in [1.54, 1.807) is 35.6 Å². The Labute approximate surface area is 184 Å². The Hall–Kier alpha value is -2.97. The van der Waals surface area contributed by atoms with Crippen LogP contribution in [0.15, 0.2) is 59.2 Å². The van der Waals surface area contributed by atoms with Crippen LogP contribution in [0, 0.1) is 5.82 Å². The molecule has 0 unspecified atom stereocenters. The molecule has 3 aromatic rings. The fourth-order valence-electron chi connectivity index (χ4n) is 3.58. The van der Waals surface area contributed by atoms with Crippen LogP contribution in [0.5, 0.6) is 0 Å². The van der Waals surface area contributed by atoms with Crippen molar-refractivity contribution in [2.45, 2.75) is 13.0 Å². The Morgan fingerprint density at radius 2 is 1.84 bits per heavy atom. The fraction of sp³-hybridized carbons (Fsp3) is 0.304. The number of thiophene rings is 1. The molecular weight excluding hydrogens is 417 g/mol. The van der Waals surface area contributed by atoms with Crippen molar-refractivity contribution in [3.63, 3.8) is 0 Å². The quantitative estimate of drug-likeness (QED) is 0.608. The van der Waals surface area contributed by atoms with Crippen molar-refractivity contribution in [3.05, 3.63) is 71.2 Å². The lowest BCUT2D eigenvalue weighted by atomic mass is 10.2. The van der Waals surface area contributed by atoms with Gasteiger partial charge in [0, 0.05) is 61.0 Å². The number of rotatable bonds is 7. The molecule has 1 aliphatic rings. The average molecular weight is 442 g/mol. The van der Waals surface area contributed by atoms with Crippen molar-refractivity contribution < 1.29 is 18.4 Å². The summed E-state index contributed by atoms with van der Waals surface area (Å²) in [6.07, 6.45) is 1.71. The smallest absolute Gasteiger partial charge is 0.286 e. The third-order valence-electron chi connectivity index (χ3n) is 5.27. The number of hydrogen-bond acceptors (Lipinski definition) is 5. The summed E-state index contributed by atoms with van der Waals surface area (Å²) in [6, 6.07) is 14.1. The van der Waals surface area contributed by atoms with Gasteiger partial charge in [0.15, 0.2) is 5.76 Å². The topological polar surface area (TPSA) is 65.8 Å². The van der Waals surface area contributed by atoms with Crippen LogP contribution in [0.3, 0.4) is 0 Å². The lowest BCUT2D eigenvalue weighted by Crippen LogP contribution is -2.48. The van der Waals surface area contributed by atoms with Gasteiger partial charge in [0.05, 0.1) is 6.26 Å². The van der Waals surface area contributed by atoms with Crippen LogP contribution in [-0.4, -0.2) is 54.3 Å². The highest BCUT2D eigenvalue weighted by molar-refractivity contribution is 7.15. The molecule has 0 spiro atoms. The Balaban J connectivity index is 1.20. The van der Waals surface area contributed by atoms with Crippen LogP contribution in [0.2, 0.25) is 0 Å². The molecule has 0 aliphatic carbocycles. The van der Waals surface area contributed by atoms with Crippen molar-refractivity contribution in [2.75, 3.05) is 32.7 Å². The van der Waals surface area contributed by atoms with Gasteiger partial charge < -0.3 is 14.6 Å². The van der Waals surface area contributed by atoms with Gasteiger partial charge in [0.25, 0.3) is 5.91 Å². The van der Waals surface area contributed by atoms with Crippen molar-refractivity contribution in [1.29, 1.82) is 0 Å². The molecule has 4 rings (SSSR count). The van der Waals surface area contributed by atoms with Crippen LogP contribution in [0.1, 0.15) is 21.9 Å². The van der Waals surface area contributed by atoms with E-state index in [1.807, 2.05) is 23.1 Å². The number of nitrogens with one attached hydrogen (secondary N) is 1. The first-order valence-corrected chi connectivity index (χ1v) is 11.1. The van der Waals surface area contributed by atoms with E-state index in [4.69, 9.17) is 4.42 Å². The molecule has 0 saturated carbocycles. The first-order chi connectivity index (χ1) is 15.1. The van der Waals surface area contributed by atoms with Gasteiger partial charge in [-0.3, -0.25) is 14.5 Å². The predicted octanol–water partition coefficient (Wildman–Crippen LogP) is 3.61. The van der Waals surface area contributed by atoms with Crippen molar-refractivity contribution in [2.24, 2.45) is 0 Å². The standard InChI is InChI=1S/C23H24FN3O3S/c24-19-5-2-1-4-18(19)21-8-7-17(31-21)16-26-11-13-27(14-12-26)22(28)9-10-25-23(29)20-6-3-15-30-20/h1-8,15H,9-14,16H2,(H,25,29). The molecule has 31 heavy (non-hydrogen) atoms. The number of carbonyl (C=O) groups is 2. The average Bonchev–Trinajstić information content (AvgIpc) is 3.47. The lowest BCUT2D eigenvalue weighted by molar-refractivity contribution is -0.132. The normalized spacial score (nSPS) is 14.5. The Kier molecular flexibility index (Phi) is 6.79. The number of hydrogen-bond donors (Lipinski definition) is 1. The third kappa shape index (κ3) is 5.39. The first-order valence-electron chi connectivity index (χ1n) is 10.3. The molecule has 0 atom stereocenters. The van der Waals surface area contributed by atoms with Crippen molar-refractivity contribution >= 4 is 23.2 Å². The summed E-state index contributed by atoms with van der Waals surface area (Å²) in [4.78, 5) is 30.5. The van der Waals surface area contributed by atoms with E-state index in [1.165, 1.54) is 17.2 Å². The zero-order valence-electron chi connectivity index (χ0n) is 17.1. The van der Waals surface area contributed by atoms with Crippen LogP contribution in [0.4, 0.5) is 4.39 Å². The van der Waals surface area contributed by atoms with Crippen LogP contribution >= 0.6 is 11.3 Å². The zero-order valence-corrected chi connectivity index (χ0v) is 17.9. The molecule has 1 fully saturated rings. The van der Waals surface area contributed by atoms with Crippen molar-refractivity contribution in [3.8, 4) is 10.4 Å². The van der Waals surface area contributed by atoms with E-state index >= 15 is 0 Å². The van der Waals surface area contributed by atoms with E-state index in [0.29, 0.717) is 18.7 Å². The Morgan fingerprint density at radius 3 is 2.58 bits per heavy atom. The number of halogens is 1. The number of carbonyl (C=O) groups excluding carboxylic acids is 2. The molecule has 0 radical (unpaired) electrons. The second kappa shape index (κ2) is 9.89. The Bertz CT molecular complexity index is 1030. The molecule has 1 aliphatic heterocycles. The van der Waals surface area contributed by atoms with E-state index in [-0.39, 0.29) is 36.4 Å². The maximum absolute atomic E-state index is 14.0. The summed E-state index contributed by atoms with van der Waals surface area (Å²) in [5, 5.41) is 2.70. The molecule has 2 amide bonds. The summed E-state index contributed by atoms with van der Waals surface area (Å²) in [7, 11) is 0. The molecular formula is C23H24FN3O3S. The molecule has 1 aromatic carbocycles. The number of nitrogens with zero attached hydrogens (tertiary/aromatic N) is 2. The summed E-state index contributed by atoms with van der Waals surface area (Å²) in [6.45, 7) is 3.98. The van der Waals surface area contributed by atoms with E-state index < -0.39 is 0 Å². The largest absolute Gasteiger partial charge is 0.459 e. The lowest BCUT2D eigenvalue weighted by Gasteiger charge is -2.34. The molecule has 6 nitrogen and oxygen atoms in total. The van der Waals surface area contributed by atoms with Crippen LogP contribution < -0.4 is 5.32 Å². The van der Waals surface area contributed by atoms with Crippen molar-refractivity contribution in [1.82, 2.24) is 15.1 Å². The minimum absolute atomic E-state index is 0.0392. The number of piperazine rings is 1. The van der Waals surface area contributed by atoms with Gasteiger partial charge in [-0.05, 0) is 30.3 Å². The maximum Gasteiger partial charge on any atom is 0.286 e. The van der Waals surface area contributed by atoms with E-state index in [9.17, 15) is 14.0 Å². The fourth-order valence-corrected chi connectivity index (χ4v) is 4.66. The highest BCUT2D eigenvalue weighted by atomic mass is 32.1. The first kappa shape index (κ1) is 21.3. The highest BCUT2D eigenvalue weighted by Gasteiger charge is 2.21. The molecule has 162 valence electrons. The monoisotopic (exact) mass is 441 g/mol. The molecule has 0 bridgehead atoms. The molecule has 1 N–H and O–H groups in total. The van der Waals surface area contributed by atoms with Gasteiger partial charge in [-0.15, -0.1) is 11.3 Å². The SMILES string of the molecule is O=C(NCCC(=O)N1CCN(Cc2ccc(-c3ccccc3F)s2)CC1)c1ccco1. The van der Waals surface area contributed by atoms with Gasteiger partial charge in [-0.1, -0.05) is 18.2 Å². The van der Waals surface area contributed by atoms with Gasteiger partial charge in [0.1, 0.15) is 5.82 Å². The molecule has 1 saturated heterocycles. The maximum atomic E-state index is 14.0. The second-order valence-corrected chi connectivity index (χ2v) is 8.55. The minimum Gasteiger partial charge on any atom is -0.459 e. The van der Waals surface area contributed by atoms with Gasteiger partial charge >= 0.3 is 0 Å². The number of amides is 2. The summed E-state index contributed by atoms with van der Waals surface area (Å²) >= 11 is 1.60. The van der Waals surface area contributed by atoms with Gasteiger partial charge in [-0.2, -0.15) is 0 Å².